The summed E-state index contributed by atoms with van der Waals surface area (Å²) in [7, 11) is 0. The third-order valence-corrected chi connectivity index (χ3v) is 6.80. The van der Waals surface area contributed by atoms with E-state index in [0.29, 0.717) is 13.1 Å². The molecule has 0 aliphatic carbocycles. The van der Waals surface area contributed by atoms with E-state index in [1.54, 1.807) is 0 Å². The van der Waals surface area contributed by atoms with Crippen LogP contribution in [0.25, 0.3) is 0 Å². The largest absolute Gasteiger partial charge is 0.491 e. The van der Waals surface area contributed by atoms with Gasteiger partial charge in [0.05, 0.1) is 12.6 Å². The van der Waals surface area contributed by atoms with Crippen LogP contribution in [0.15, 0.2) is 91.0 Å². The maximum atomic E-state index is 13.3. The van der Waals surface area contributed by atoms with Crippen molar-refractivity contribution in [3.05, 3.63) is 102 Å². The number of nitrogens with zero attached hydrogens (tertiary/aromatic N) is 2. The quantitative estimate of drug-likeness (QED) is 0.120. The molecule has 14 nitrogen and oxygen atoms in total. The Hall–Kier alpha value is -5.31. The van der Waals surface area contributed by atoms with E-state index in [0.717, 1.165) is 42.9 Å². The molecule has 0 heterocycles. The van der Waals surface area contributed by atoms with Crippen LogP contribution in [-0.4, -0.2) is 117 Å². The van der Waals surface area contributed by atoms with Crippen molar-refractivity contribution < 1.29 is 54.2 Å². The van der Waals surface area contributed by atoms with Crippen LogP contribution in [0.1, 0.15) is 37.4 Å². The van der Waals surface area contributed by atoms with Gasteiger partial charge in [0.15, 0.2) is 0 Å². The number of amides is 1. The van der Waals surface area contributed by atoms with Crippen LogP contribution < -0.4 is 10.1 Å². The lowest BCUT2D eigenvalue weighted by Crippen LogP contribution is -2.44. The van der Waals surface area contributed by atoms with Gasteiger partial charge in [-0.1, -0.05) is 92.7 Å². The first-order valence-corrected chi connectivity index (χ1v) is 15.5. The molecule has 0 aromatic heterocycles. The fourth-order valence-electron chi connectivity index (χ4n) is 4.41. The minimum Gasteiger partial charge on any atom is -0.491 e. The molecule has 1 unspecified atom stereocenters. The molecule has 3 rings (SSSR count). The highest BCUT2D eigenvalue weighted by atomic mass is 16.5. The zero-order valence-electron chi connectivity index (χ0n) is 27.6. The molecule has 14 heteroatoms. The maximum Gasteiger partial charge on any atom is 0.414 e. The van der Waals surface area contributed by atoms with Gasteiger partial charge < -0.3 is 40.5 Å². The van der Waals surface area contributed by atoms with Gasteiger partial charge in [-0.15, -0.1) is 0 Å². The minimum atomic E-state index is -1.82. The van der Waals surface area contributed by atoms with Crippen molar-refractivity contribution in [1.82, 2.24) is 15.1 Å². The molecule has 0 bridgehead atoms. The van der Waals surface area contributed by atoms with Crippen molar-refractivity contribution in [3.8, 4) is 5.75 Å². The van der Waals surface area contributed by atoms with E-state index in [1.807, 2.05) is 95.9 Å². The normalized spacial score (nSPS) is 11.0. The molecule has 0 spiro atoms. The van der Waals surface area contributed by atoms with Gasteiger partial charge in [0.1, 0.15) is 18.5 Å². The lowest BCUT2D eigenvalue weighted by Gasteiger charge is -2.27. The second kappa shape index (κ2) is 23.9. The summed E-state index contributed by atoms with van der Waals surface area (Å²) in [6.07, 6.45) is 0.211. The van der Waals surface area contributed by atoms with Crippen molar-refractivity contribution >= 4 is 29.8 Å². The summed E-state index contributed by atoms with van der Waals surface area (Å²) < 4.78 is 5.75. The Morgan fingerprint density at radius 3 is 1.47 bits per heavy atom. The third kappa shape index (κ3) is 18.6. The molecule has 3 aromatic rings. The van der Waals surface area contributed by atoms with Gasteiger partial charge in [-0.2, -0.15) is 0 Å². The van der Waals surface area contributed by atoms with Gasteiger partial charge in [-0.05, 0) is 49.3 Å². The topological polar surface area (TPSA) is 214 Å². The fraction of sp³-hybridized carbons (Fsp3) is 0.343. The summed E-state index contributed by atoms with van der Waals surface area (Å²) >= 11 is 0. The molecule has 0 saturated heterocycles. The summed E-state index contributed by atoms with van der Waals surface area (Å²) in [6.45, 7) is 8.73. The SMILES string of the molecule is CCN(CC)CCCN(CC(=O)NC(c1ccccc1)c1ccccc1)CC(O)COc1ccccc1.O=C(O)C(=O)O.O=C(O)C(=O)O. The van der Waals surface area contributed by atoms with Crippen LogP contribution in [0.2, 0.25) is 0 Å². The van der Waals surface area contributed by atoms with Crippen LogP contribution in [0.5, 0.6) is 5.75 Å². The molecule has 1 amide bonds. The molecule has 0 fully saturated rings. The summed E-state index contributed by atoms with van der Waals surface area (Å²) in [5.74, 6) is -6.65. The lowest BCUT2D eigenvalue weighted by molar-refractivity contribution is -0.159. The molecular weight excluding hydrogens is 638 g/mol. The van der Waals surface area contributed by atoms with E-state index in [2.05, 4.69) is 24.1 Å². The Kier molecular flexibility index (Phi) is 20.4. The van der Waals surface area contributed by atoms with Gasteiger partial charge >= 0.3 is 23.9 Å². The Morgan fingerprint density at radius 2 is 1.06 bits per heavy atom. The number of carbonyl (C=O) groups excluding carboxylic acids is 1. The number of aliphatic hydroxyl groups excluding tert-OH is 1. The number of para-hydroxylation sites is 1. The predicted molar refractivity (Wildman–Crippen MR) is 180 cm³/mol. The van der Waals surface area contributed by atoms with Crippen molar-refractivity contribution in [2.75, 3.05) is 45.9 Å². The first-order chi connectivity index (χ1) is 23.4. The van der Waals surface area contributed by atoms with Crippen molar-refractivity contribution in [2.45, 2.75) is 32.4 Å². The molecule has 0 radical (unpaired) electrons. The Morgan fingerprint density at radius 1 is 0.653 bits per heavy atom. The van der Waals surface area contributed by atoms with Crippen molar-refractivity contribution in [3.63, 3.8) is 0 Å². The minimum absolute atomic E-state index is 0.0725. The van der Waals surface area contributed by atoms with Crippen LogP contribution in [0.3, 0.4) is 0 Å². The number of nitrogens with one attached hydrogen (secondary N) is 1. The maximum absolute atomic E-state index is 13.3. The number of ether oxygens (including phenoxy) is 1. The number of carbonyl (C=O) groups is 5. The van der Waals surface area contributed by atoms with Crippen LogP contribution >= 0.6 is 0 Å². The van der Waals surface area contributed by atoms with Crippen molar-refractivity contribution in [1.29, 1.82) is 0 Å². The zero-order valence-corrected chi connectivity index (χ0v) is 27.6. The Labute approximate surface area is 285 Å². The molecule has 1 atom stereocenters. The summed E-state index contributed by atoms with van der Waals surface area (Å²) in [5.41, 5.74) is 2.07. The van der Waals surface area contributed by atoms with Gasteiger partial charge in [0.2, 0.25) is 5.91 Å². The molecule has 6 N–H and O–H groups in total. The zero-order chi connectivity index (χ0) is 36.6. The number of benzene rings is 3. The summed E-state index contributed by atoms with van der Waals surface area (Å²) in [4.78, 5) is 54.1. The highest BCUT2D eigenvalue weighted by Gasteiger charge is 2.20. The van der Waals surface area contributed by atoms with Gasteiger partial charge in [0.25, 0.3) is 0 Å². The molecular formula is C35H45N3O11. The lowest BCUT2D eigenvalue weighted by atomic mass is 9.99. The first kappa shape index (κ1) is 41.7. The molecule has 0 saturated carbocycles. The molecule has 49 heavy (non-hydrogen) atoms. The first-order valence-electron chi connectivity index (χ1n) is 15.5. The highest BCUT2D eigenvalue weighted by molar-refractivity contribution is 6.27. The standard InChI is InChI=1S/C31H41N3O3.2C2H2O4/c1-3-33(4-2)21-14-22-34(23-28(35)25-37-29-19-12-7-13-20-29)24-30(36)32-31(26-15-8-5-9-16-26)27-17-10-6-11-18-27;2*3-1(4)2(5)6/h5-13,15-20,28,31,35H,3-4,14,21-25H2,1-2H3,(H,32,36);2*(H,3,4)(H,5,6). The van der Waals surface area contributed by atoms with Gasteiger partial charge in [0, 0.05) is 13.1 Å². The van der Waals surface area contributed by atoms with E-state index in [-0.39, 0.29) is 25.1 Å². The number of rotatable bonds is 16. The molecule has 266 valence electrons. The van der Waals surface area contributed by atoms with E-state index < -0.39 is 30.0 Å². The molecule has 0 aliphatic rings. The van der Waals surface area contributed by atoms with Gasteiger partial charge in [-0.25, -0.2) is 19.2 Å². The summed E-state index contributed by atoms with van der Waals surface area (Å²) in [5, 5.41) is 43.5. The average molecular weight is 684 g/mol. The van der Waals surface area contributed by atoms with Crippen LogP contribution in [-0.2, 0) is 24.0 Å². The van der Waals surface area contributed by atoms with E-state index in [1.165, 1.54) is 0 Å². The smallest absolute Gasteiger partial charge is 0.414 e. The van der Waals surface area contributed by atoms with E-state index >= 15 is 0 Å². The number of hydrogen-bond donors (Lipinski definition) is 6. The summed E-state index contributed by atoms with van der Waals surface area (Å²) in [6, 6.07) is 29.3. The van der Waals surface area contributed by atoms with Crippen LogP contribution in [0.4, 0.5) is 0 Å². The molecule has 3 aromatic carbocycles. The van der Waals surface area contributed by atoms with Gasteiger partial charge in [-0.3, -0.25) is 9.69 Å². The van der Waals surface area contributed by atoms with E-state index in [4.69, 9.17) is 44.3 Å². The average Bonchev–Trinajstić information content (AvgIpc) is 3.09. The monoisotopic (exact) mass is 683 g/mol. The number of aliphatic carboxylic acids is 4. The second-order valence-corrected chi connectivity index (χ2v) is 10.4. The number of aliphatic hydroxyl groups is 1. The number of hydrogen-bond acceptors (Lipinski definition) is 9. The second-order valence-electron chi connectivity index (χ2n) is 10.4. The fourth-order valence-corrected chi connectivity index (χ4v) is 4.41. The number of carboxylic acids is 4. The van der Waals surface area contributed by atoms with E-state index in [9.17, 15) is 9.90 Å². The third-order valence-electron chi connectivity index (χ3n) is 6.80. The predicted octanol–water partition coefficient (Wildman–Crippen LogP) is 2.68. The van der Waals surface area contributed by atoms with Crippen molar-refractivity contribution in [2.24, 2.45) is 0 Å². The number of carboxylic acid groups (broad SMARTS) is 4. The Bertz CT molecular complexity index is 1320. The highest BCUT2D eigenvalue weighted by Crippen LogP contribution is 2.21. The molecule has 0 aliphatic heterocycles. The van der Waals surface area contributed by atoms with Crippen LogP contribution in [0, 0.1) is 0 Å². The Balaban J connectivity index is 0.000000853.